The lowest BCUT2D eigenvalue weighted by Crippen LogP contribution is -2.36. The van der Waals surface area contributed by atoms with Crippen LogP contribution in [-0.4, -0.2) is 29.1 Å². The Bertz CT molecular complexity index is 314. The number of rotatable bonds is 3. The highest BCUT2D eigenvalue weighted by Crippen LogP contribution is 2.14. The fourth-order valence-electron chi connectivity index (χ4n) is 1.37. The molecule has 2 heterocycles. The van der Waals surface area contributed by atoms with Crippen LogP contribution in [-0.2, 0) is 6.54 Å². The van der Waals surface area contributed by atoms with Gasteiger partial charge in [0.05, 0.1) is 6.26 Å². The number of hydrogen-bond acceptors (Lipinski definition) is 3. The van der Waals surface area contributed by atoms with Crippen LogP contribution < -0.4 is 0 Å². The Balaban J connectivity index is 2.00. The van der Waals surface area contributed by atoms with Crippen molar-refractivity contribution in [2.75, 3.05) is 13.1 Å². The van der Waals surface area contributed by atoms with Crippen molar-refractivity contribution in [3.05, 3.63) is 23.7 Å². The molecular formula is C9H11NO3. The maximum Gasteiger partial charge on any atom is 0.371 e. The van der Waals surface area contributed by atoms with Crippen LogP contribution in [0.15, 0.2) is 16.7 Å². The quantitative estimate of drug-likeness (QED) is 0.760. The molecule has 13 heavy (non-hydrogen) atoms. The first kappa shape index (κ1) is 8.31. The lowest BCUT2D eigenvalue weighted by molar-refractivity contribution is 0.0662. The van der Waals surface area contributed by atoms with Crippen molar-refractivity contribution in [1.29, 1.82) is 0 Å². The summed E-state index contributed by atoms with van der Waals surface area (Å²) in [6.45, 7) is 3.01. The van der Waals surface area contributed by atoms with Gasteiger partial charge in [-0.25, -0.2) is 4.79 Å². The van der Waals surface area contributed by atoms with Gasteiger partial charge >= 0.3 is 5.97 Å². The van der Waals surface area contributed by atoms with E-state index in [1.165, 1.54) is 12.7 Å². The molecule has 0 saturated carbocycles. The molecule has 0 unspecified atom stereocenters. The Kier molecular flexibility index (Phi) is 2.06. The van der Waals surface area contributed by atoms with Crippen LogP contribution in [0.2, 0.25) is 0 Å². The summed E-state index contributed by atoms with van der Waals surface area (Å²) < 4.78 is 4.87. The Hall–Kier alpha value is -1.29. The second-order valence-electron chi connectivity index (χ2n) is 3.25. The average Bonchev–Trinajstić information content (AvgIpc) is 2.44. The summed E-state index contributed by atoms with van der Waals surface area (Å²) in [5.41, 5.74) is 0.942. The normalized spacial score (nSPS) is 16.9. The van der Waals surface area contributed by atoms with Crippen LogP contribution in [0.1, 0.15) is 22.5 Å². The molecule has 70 valence electrons. The highest BCUT2D eigenvalue weighted by atomic mass is 16.4. The first-order chi connectivity index (χ1) is 6.25. The van der Waals surface area contributed by atoms with Crippen LogP contribution in [0.5, 0.6) is 0 Å². The summed E-state index contributed by atoms with van der Waals surface area (Å²) in [6.07, 6.45) is 2.76. The zero-order valence-electron chi connectivity index (χ0n) is 7.19. The van der Waals surface area contributed by atoms with Crippen LogP contribution in [0.3, 0.4) is 0 Å². The highest BCUT2D eigenvalue weighted by Gasteiger charge is 2.16. The molecule has 1 fully saturated rings. The zero-order valence-corrected chi connectivity index (χ0v) is 7.19. The van der Waals surface area contributed by atoms with Crippen LogP contribution in [0.4, 0.5) is 0 Å². The minimum atomic E-state index is -1.00. The largest absolute Gasteiger partial charge is 0.475 e. The smallest absolute Gasteiger partial charge is 0.371 e. The van der Waals surface area contributed by atoms with E-state index in [0.717, 1.165) is 25.2 Å². The molecule has 0 atom stereocenters. The predicted molar refractivity (Wildman–Crippen MR) is 45.6 cm³/mol. The molecule has 0 spiro atoms. The molecule has 1 aliphatic rings. The average molecular weight is 181 g/mol. The van der Waals surface area contributed by atoms with Gasteiger partial charge < -0.3 is 9.52 Å². The maximum absolute atomic E-state index is 10.5. The third-order valence-electron chi connectivity index (χ3n) is 2.22. The number of carboxylic acid groups (broad SMARTS) is 1. The number of nitrogens with zero attached hydrogens (tertiary/aromatic N) is 1. The van der Waals surface area contributed by atoms with Crippen LogP contribution in [0, 0.1) is 0 Å². The Labute approximate surface area is 75.8 Å². The van der Waals surface area contributed by atoms with Crippen LogP contribution >= 0.6 is 0 Å². The summed E-state index contributed by atoms with van der Waals surface area (Å²) in [5.74, 6) is -0.981. The molecule has 0 amide bonds. The van der Waals surface area contributed by atoms with E-state index in [-0.39, 0.29) is 5.76 Å². The molecule has 2 rings (SSSR count). The van der Waals surface area contributed by atoms with Crippen molar-refractivity contribution < 1.29 is 14.3 Å². The SMILES string of the molecule is O=C(O)c1cc(CN2CCC2)co1. The molecule has 1 aromatic rings. The van der Waals surface area contributed by atoms with E-state index in [1.807, 2.05) is 0 Å². The summed E-state index contributed by atoms with van der Waals surface area (Å²) in [4.78, 5) is 12.7. The minimum absolute atomic E-state index is 0.0236. The van der Waals surface area contributed by atoms with Crippen molar-refractivity contribution in [2.45, 2.75) is 13.0 Å². The topological polar surface area (TPSA) is 53.7 Å². The highest BCUT2D eigenvalue weighted by molar-refractivity contribution is 5.84. The molecular weight excluding hydrogens is 170 g/mol. The first-order valence-electron chi connectivity index (χ1n) is 4.29. The minimum Gasteiger partial charge on any atom is -0.475 e. The van der Waals surface area contributed by atoms with Gasteiger partial charge in [-0.05, 0) is 25.6 Å². The molecule has 1 aliphatic heterocycles. The Morgan fingerprint density at radius 3 is 2.85 bits per heavy atom. The van der Waals surface area contributed by atoms with Gasteiger partial charge in [-0.3, -0.25) is 4.90 Å². The summed E-state index contributed by atoms with van der Waals surface area (Å²) in [6, 6.07) is 1.58. The summed E-state index contributed by atoms with van der Waals surface area (Å²) >= 11 is 0. The molecule has 1 aromatic heterocycles. The van der Waals surface area contributed by atoms with Gasteiger partial charge in [0, 0.05) is 12.1 Å². The monoisotopic (exact) mass is 181 g/mol. The molecule has 0 radical (unpaired) electrons. The lowest BCUT2D eigenvalue weighted by atomic mass is 10.2. The molecule has 1 saturated heterocycles. The van der Waals surface area contributed by atoms with Crippen molar-refractivity contribution in [3.63, 3.8) is 0 Å². The van der Waals surface area contributed by atoms with Crippen LogP contribution in [0.25, 0.3) is 0 Å². The van der Waals surface area contributed by atoms with E-state index in [4.69, 9.17) is 9.52 Å². The predicted octanol–water partition coefficient (Wildman–Crippen LogP) is 1.18. The molecule has 4 nitrogen and oxygen atoms in total. The number of carbonyl (C=O) groups is 1. The first-order valence-corrected chi connectivity index (χ1v) is 4.29. The van der Waals surface area contributed by atoms with E-state index >= 15 is 0 Å². The van der Waals surface area contributed by atoms with E-state index in [1.54, 1.807) is 6.07 Å². The van der Waals surface area contributed by atoms with E-state index in [0.29, 0.717) is 0 Å². The maximum atomic E-state index is 10.5. The standard InChI is InChI=1S/C9H11NO3/c11-9(12)8-4-7(6-13-8)5-10-2-1-3-10/h4,6H,1-3,5H2,(H,11,12). The second-order valence-corrected chi connectivity index (χ2v) is 3.25. The molecule has 0 bridgehead atoms. The Morgan fingerprint density at radius 2 is 2.38 bits per heavy atom. The number of likely N-dealkylation sites (tertiary alicyclic amines) is 1. The Morgan fingerprint density at radius 1 is 1.62 bits per heavy atom. The molecule has 1 N–H and O–H groups in total. The molecule has 0 aromatic carbocycles. The summed E-state index contributed by atoms with van der Waals surface area (Å²) in [5, 5.41) is 8.60. The van der Waals surface area contributed by atoms with Crippen molar-refractivity contribution in [3.8, 4) is 0 Å². The third-order valence-corrected chi connectivity index (χ3v) is 2.22. The zero-order chi connectivity index (χ0) is 9.26. The van der Waals surface area contributed by atoms with Crippen molar-refractivity contribution >= 4 is 5.97 Å². The summed E-state index contributed by atoms with van der Waals surface area (Å²) in [7, 11) is 0. The molecule has 4 heteroatoms. The van der Waals surface area contributed by atoms with Gasteiger partial charge in [-0.15, -0.1) is 0 Å². The van der Waals surface area contributed by atoms with Gasteiger partial charge in [-0.1, -0.05) is 0 Å². The number of furan rings is 1. The van der Waals surface area contributed by atoms with Crippen molar-refractivity contribution in [2.24, 2.45) is 0 Å². The number of carboxylic acids is 1. The second kappa shape index (κ2) is 3.22. The van der Waals surface area contributed by atoms with E-state index in [9.17, 15) is 4.79 Å². The fraction of sp³-hybridized carbons (Fsp3) is 0.444. The fourth-order valence-corrected chi connectivity index (χ4v) is 1.37. The van der Waals surface area contributed by atoms with Gasteiger partial charge in [0.2, 0.25) is 5.76 Å². The van der Waals surface area contributed by atoms with Crippen molar-refractivity contribution in [1.82, 2.24) is 4.90 Å². The lowest BCUT2D eigenvalue weighted by Gasteiger charge is -2.29. The third kappa shape index (κ3) is 1.72. The number of aromatic carboxylic acids is 1. The van der Waals surface area contributed by atoms with Gasteiger partial charge in [0.25, 0.3) is 0 Å². The van der Waals surface area contributed by atoms with Gasteiger partial charge in [-0.2, -0.15) is 0 Å². The van der Waals surface area contributed by atoms with E-state index in [2.05, 4.69) is 4.90 Å². The molecule has 0 aliphatic carbocycles. The van der Waals surface area contributed by atoms with Gasteiger partial charge in [0.1, 0.15) is 0 Å². The number of hydrogen-bond donors (Lipinski definition) is 1. The van der Waals surface area contributed by atoms with E-state index < -0.39 is 5.97 Å². The van der Waals surface area contributed by atoms with Gasteiger partial charge in [0.15, 0.2) is 0 Å².